The zero-order valence-corrected chi connectivity index (χ0v) is 14.7. The number of carbonyl (C=O) groups is 1. The van der Waals surface area contributed by atoms with E-state index in [2.05, 4.69) is 15.4 Å². The van der Waals surface area contributed by atoms with Crippen molar-refractivity contribution in [3.8, 4) is 5.75 Å². The first kappa shape index (κ1) is 19.5. The van der Waals surface area contributed by atoms with Gasteiger partial charge in [0.2, 0.25) is 15.9 Å². The van der Waals surface area contributed by atoms with Gasteiger partial charge in [0.25, 0.3) is 0 Å². The molecule has 0 bridgehead atoms. The highest BCUT2D eigenvalue weighted by molar-refractivity contribution is 7.92. The van der Waals surface area contributed by atoms with Crippen LogP contribution < -0.4 is 20.1 Å². The molecule has 0 spiro atoms. The maximum Gasteiger partial charge on any atom is 0.241 e. The maximum atomic E-state index is 12.2. The highest BCUT2D eigenvalue weighted by Gasteiger charge is 2.20. The molecular formula is C14H22ClN3O4S. The van der Waals surface area contributed by atoms with Crippen LogP contribution in [0.3, 0.4) is 0 Å². The van der Waals surface area contributed by atoms with E-state index in [-0.39, 0.29) is 24.4 Å². The van der Waals surface area contributed by atoms with Gasteiger partial charge in [0.05, 0.1) is 25.1 Å². The third-order valence-corrected chi connectivity index (χ3v) is 3.98. The zero-order valence-electron chi connectivity index (χ0n) is 13.1. The molecule has 1 aliphatic heterocycles. The quantitative estimate of drug-likeness (QED) is 0.737. The molecule has 1 atom stereocenters. The second kappa shape index (κ2) is 8.37. The van der Waals surface area contributed by atoms with Gasteiger partial charge in [0.1, 0.15) is 5.75 Å². The molecule has 130 valence electrons. The van der Waals surface area contributed by atoms with Crippen LogP contribution in [0.25, 0.3) is 0 Å². The van der Waals surface area contributed by atoms with Gasteiger partial charge >= 0.3 is 0 Å². The van der Waals surface area contributed by atoms with E-state index in [1.807, 2.05) is 0 Å². The summed E-state index contributed by atoms with van der Waals surface area (Å²) in [7, 11) is -1.95. The smallest absolute Gasteiger partial charge is 0.241 e. The number of hydrogen-bond donors (Lipinski definition) is 3. The molecule has 1 fully saturated rings. The number of anilines is 2. The van der Waals surface area contributed by atoms with Crippen LogP contribution in [0.15, 0.2) is 18.2 Å². The topological polar surface area (TPSA) is 96.5 Å². The first-order valence-electron chi connectivity index (χ1n) is 7.09. The van der Waals surface area contributed by atoms with Crippen molar-refractivity contribution in [2.24, 2.45) is 0 Å². The van der Waals surface area contributed by atoms with Crippen LogP contribution >= 0.6 is 12.4 Å². The zero-order chi connectivity index (χ0) is 16.2. The summed E-state index contributed by atoms with van der Waals surface area (Å²) in [5, 5.41) is 5.99. The molecule has 1 heterocycles. The molecule has 2 rings (SSSR count). The molecule has 0 aliphatic carbocycles. The van der Waals surface area contributed by atoms with Gasteiger partial charge in [0.15, 0.2) is 0 Å². The summed E-state index contributed by atoms with van der Waals surface area (Å²) in [6.45, 7) is 0.846. The van der Waals surface area contributed by atoms with Crippen molar-refractivity contribution in [2.45, 2.75) is 25.3 Å². The molecule has 9 heteroatoms. The van der Waals surface area contributed by atoms with Crippen LogP contribution in [-0.4, -0.2) is 40.3 Å². The lowest BCUT2D eigenvalue weighted by molar-refractivity contribution is -0.118. The molecule has 0 radical (unpaired) electrons. The number of halogens is 1. The fourth-order valence-corrected chi connectivity index (χ4v) is 2.93. The second-order valence-electron chi connectivity index (χ2n) is 5.28. The summed E-state index contributed by atoms with van der Waals surface area (Å²) in [4.78, 5) is 12.2. The first-order valence-corrected chi connectivity index (χ1v) is 8.98. The number of nitrogens with one attached hydrogen (secondary N) is 3. The number of amides is 1. The van der Waals surface area contributed by atoms with Gasteiger partial charge in [-0.3, -0.25) is 9.52 Å². The van der Waals surface area contributed by atoms with E-state index in [1.54, 1.807) is 18.2 Å². The molecule has 23 heavy (non-hydrogen) atoms. The Morgan fingerprint density at radius 3 is 2.65 bits per heavy atom. The van der Waals surface area contributed by atoms with Crippen molar-refractivity contribution in [3.05, 3.63) is 18.2 Å². The van der Waals surface area contributed by atoms with Gasteiger partial charge in [-0.2, -0.15) is 0 Å². The first-order chi connectivity index (χ1) is 10.4. The van der Waals surface area contributed by atoms with Crippen molar-refractivity contribution in [1.82, 2.24) is 5.32 Å². The summed E-state index contributed by atoms with van der Waals surface area (Å²) in [5.41, 5.74) is 0.895. The molecule has 3 N–H and O–H groups in total. The average molecular weight is 364 g/mol. The van der Waals surface area contributed by atoms with E-state index < -0.39 is 10.0 Å². The van der Waals surface area contributed by atoms with Crippen LogP contribution in [0.2, 0.25) is 0 Å². The van der Waals surface area contributed by atoms with Crippen molar-refractivity contribution in [1.29, 1.82) is 0 Å². The van der Waals surface area contributed by atoms with Gasteiger partial charge in [-0.05, 0) is 31.5 Å². The van der Waals surface area contributed by atoms with E-state index in [0.717, 1.165) is 32.1 Å². The maximum absolute atomic E-state index is 12.2. The largest absolute Gasteiger partial charge is 0.494 e. The van der Waals surface area contributed by atoms with Crippen molar-refractivity contribution in [3.63, 3.8) is 0 Å². The summed E-state index contributed by atoms with van der Waals surface area (Å²) in [5.74, 6) is 0.255. The third kappa shape index (κ3) is 5.89. The van der Waals surface area contributed by atoms with Gasteiger partial charge in [-0.1, -0.05) is 6.42 Å². The summed E-state index contributed by atoms with van der Waals surface area (Å²) in [6, 6.07) is 4.60. The third-order valence-electron chi connectivity index (χ3n) is 3.39. The Morgan fingerprint density at radius 1 is 1.35 bits per heavy atom. The number of sulfonamides is 1. The Labute approximate surface area is 142 Å². The molecular weight excluding hydrogens is 342 g/mol. The van der Waals surface area contributed by atoms with Crippen LogP contribution in [0.1, 0.15) is 19.3 Å². The van der Waals surface area contributed by atoms with Gasteiger partial charge in [-0.15, -0.1) is 12.4 Å². The average Bonchev–Trinajstić information content (AvgIpc) is 2.48. The number of benzene rings is 1. The minimum Gasteiger partial charge on any atom is -0.494 e. The molecule has 1 unspecified atom stereocenters. The summed E-state index contributed by atoms with van der Waals surface area (Å²) >= 11 is 0. The summed E-state index contributed by atoms with van der Waals surface area (Å²) < 4.78 is 30.1. The van der Waals surface area contributed by atoms with E-state index >= 15 is 0 Å². The Bertz CT molecular complexity index is 645. The van der Waals surface area contributed by atoms with E-state index in [9.17, 15) is 13.2 Å². The summed E-state index contributed by atoms with van der Waals surface area (Å²) in [6.07, 6.45) is 4.00. The lowest BCUT2D eigenvalue weighted by atomic mass is 10.0. The fraction of sp³-hybridized carbons (Fsp3) is 0.500. The van der Waals surface area contributed by atoms with Crippen molar-refractivity contribution < 1.29 is 17.9 Å². The van der Waals surface area contributed by atoms with Crippen LogP contribution in [-0.2, 0) is 14.8 Å². The minimum absolute atomic E-state index is 0. The van der Waals surface area contributed by atoms with Crippen LogP contribution in [0.5, 0.6) is 5.75 Å². The van der Waals surface area contributed by atoms with Gasteiger partial charge in [0, 0.05) is 11.8 Å². The molecule has 0 aromatic heterocycles. The van der Waals surface area contributed by atoms with Crippen LogP contribution in [0, 0.1) is 0 Å². The number of hydrogen-bond acceptors (Lipinski definition) is 5. The molecule has 1 aliphatic rings. The Balaban J connectivity index is 0.00000264. The molecule has 1 saturated heterocycles. The van der Waals surface area contributed by atoms with E-state index in [4.69, 9.17) is 4.74 Å². The molecule has 1 amide bonds. The molecule has 0 saturated carbocycles. The van der Waals surface area contributed by atoms with Gasteiger partial charge in [-0.25, -0.2) is 8.42 Å². The fourth-order valence-electron chi connectivity index (χ4n) is 2.36. The molecule has 1 aromatic rings. The molecule has 1 aromatic carbocycles. The van der Waals surface area contributed by atoms with Crippen molar-refractivity contribution in [2.75, 3.05) is 29.9 Å². The Morgan fingerprint density at radius 2 is 2.09 bits per heavy atom. The normalized spacial score (nSPS) is 17.7. The number of carbonyl (C=O) groups excluding carboxylic acids is 1. The highest BCUT2D eigenvalue weighted by atomic mass is 35.5. The lowest BCUT2D eigenvalue weighted by Crippen LogP contribution is -2.43. The number of piperidine rings is 1. The monoisotopic (exact) mass is 363 g/mol. The van der Waals surface area contributed by atoms with Crippen LogP contribution in [0.4, 0.5) is 11.4 Å². The highest BCUT2D eigenvalue weighted by Crippen LogP contribution is 2.28. The second-order valence-corrected chi connectivity index (χ2v) is 7.03. The number of methoxy groups -OCH3 is 1. The SMILES string of the molecule is COc1cc(NC(=O)C2CCCCN2)ccc1NS(C)(=O)=O.Cl. The predicted octanol–water partition coefficient (Wildman–Crippen LogP) is 1.57. The molecule has 7 nitrogen and oxygen atoms in total. The minimum atomic E-state index is -3.39. The predicted molar refractivity (Wildman–Crippen MR) is 93.0 cm³/mol. The number of rotatable bonds is 5. The van der Waals surface area contributed by atoms with E-state index in [0.29, 0.717) is 17.1 Å². The Hall–Kier alpha value is -1.51. The lowest BCUT2D eigenvalue weighted by Gasteiger charge is -2.22. The van der Waals surface area contributed by atoms with Crippen molar-refractivity contribution >= 4 is 39.7 Å². The van der Waals surface area contributed by atoms with Gasteiger partial charge < -0.3 is 15.4 Å². The standard InChI is InChI=1S/C14H21N3O4S.ClH/c1-21-13-9-10(6-7-11(13)17-22(2,19)20)16-14(18)12-5-3-4-8-15-12;/h6-7,9,12,15,17H,3-5,8H2,1-2H3,(H,16,18);1H. The Kier molecular flexibility index (Phi) is 7.11. The van der Waals surface area contributed by atoms with E-state index in [1.165, 1.54) is 7.11 Å². The number of ether oxygens (including phenoxy) is 1.